The highest BCUT2D eigenvalue weighted by molar-refractivity contribution is 5.94. The number of aryl methyl sites for hydroxylation is 1. The average molecular weight is 361 g/mol. The molecule has 0 N–H and O–H groups in total. The Balaban J connectivity index is 1.73. The first-order valence-electron chi connectivity index (χ1n) is 8.11. The van der Waals surface area contributed by atoms with Crippen molar-refractivity contribution in [3.8, 4) is 0 Å². The fraction of sp³-hybridized carbons (Fsp3) is 0.278. The summed E-state index contributed by atoms with van der Waals surface area (Å²) in [4.78, 5) is 26.3. The Kier molecular flexibility index (Phi) is 4.83. The number of hydrogen-bond donors (Lipinski definition) is 0. The minimum Gasteiger partial charge on any atom is -0.362 e. The smallest absolute Gasteiger partial charge is 0.292 e. The van der Waals surface area contributed by atoms with Crippen LogP contribution in [0.2, 0.25) is 0 Å². The lowest BCUT2D eigenvalue weighted by atomic mass is 10.1. The van der Waals surface area contributed by atoms with Crippen LogP contribution >= 0.6 is 0 Å². The molecule has 1 saturated heterocycles. The van der Waals surface area contributed by atoms with Crippen molar-refractivity contribution in [3.05, 3.63) is 69.3 Å². The molecular weight excluding hydrogens is 344 g/mol. The fourth-order valence-corrected chi connectivity index (χ4v) is 2.96. The van der Waals surface area contributed by atoms with E-state index in [1.165, 1.54) is 6.07 Å². The summed E-state index contributed by atoms with van der Waals surface area (Å²) in [5.41, 5.74) is 0.748. The van der Waals surface area contributed by atoms with Gasteiger partial charge in [0.25, 0.3) is 11.6 Å². The topological polar surface area (TPSA) is 66.7 Å². The van der Waals surface area contributed by atoms with Crippen LogP contribution in [0.3, 0.4) is 0 Å². The third kappa shape index (κ3) is 3.49. The predicted octanol–water partition coefficient (Wildman–Crippen LogP) is 3.14. The first-order valence-corrected chi connectivity index (χ1v) is 8.11. The summed E-state index contributed by atoms with van der Waals surface area (Å²) in [6.45, 7) is 2.88. The van der Waals surface area contributed by atoms with E-state index in [1.54, 1.807) is 28.9 Å². The summed E-state index contributed by atoms with van der Waals surface area (Å²) < 4.78 is 27.2. The predicted molar refractivity (Wildman–Crippen MR) is 92.3 cm³/mol. The molecule has 0 bridgehead atoms. The molecule has 1 aliphatic heterocycles. The van der Waals surface area contributed by atoms with Crippen LogP contribution in [-0.4, -0.2) is 41.9 Å². The molecule has 26 heavy (non-hydrogen) atoms. The van der Waals surface area contributed by atoms with Gasteiger partial charge in [0.1, 0.15) is 17.3 Å². The van der Waals surface area contributed by atoms with Crippen molar-refractivity contribution in [2.24, 2.45) is 0 Å². The van der Waals surface area contributed by atoms with Gasteiger partial charge in [0.15, 0.2) is 0 Å². The van der Waals surface area contributed by atoms with Gasteiger partial charge in [0.2, 0.25) is 0 Å². The minimum absolute atomic E-state index is 0.174. The zero-order chi connectivity index (χ0) is 18.8. The Morgan fingerprint density at radius 1 is 1.08 bits per heavy atom. The van der Waals surface area contributed by atoms with E-state index in [0.29, 0.717) is 31.7 Å². The lowest BCUT2D eigenvalue weighted by molar-refractivity contribution is -0.384. The average Bonchev–Trinajstić information content (AvgIpc) is 2.63. The van der Waals surface area contributed by atoms with Crippen molar-refractivity contribution in [2.75, 3.05) is 31.1 Å². The van der Waals surface area contributed by atoms with Crippen LogP contribution in [0, 0.1) is 28.7 Å². The first kappa shape index (κ1) is 17.8. The summed E-state index contributed by atoms with van der Waals surface area (Å²) in [5, 5.41) is 11.1. The second-order valence-electron chi connectivity index (χ2n) is 6.13. The van der Waals surface area contributed by atoms with E-state index in [1.807, 2.05) is 0 Å². The molecule has 0 spiro atoms. The molecule has 136 valence electrons. The van der Waals surface area contributed by atoms with Gasteiger partial charge in [-0.05, 0) is 30.7 Å². The number of rotatable bonds is 3. The van der Waals surface area contributed by atoms with E-state index >= 15 is 0 Å². The summed E-state index contributed by atoms with van der Waals surface area (Å²) in [6, 6.07) is 7.65. The van der Waals surface area contributed by atoms with Crippen LogP contribution in [0.5, 0.6) is 0 Å². The minimum atomic E-state index is -0.556. The molecular formula is C18H17F2N3O3. The number of nitrogens with zero attached hydrogens (tertiary/aromatic N) is 3. The maximum atomic E-state index is 13.7. The Morgan fingerprint density at radius 2 is 1.77 bits per heavy atom. The van der Waals surface area contributed by atoms with Crippen LogP contribution < -0.4 is 4.90 Å². The number of carbonyl (C=O) groups is 1. The van der Waals surface area contributed by atoms with Gasteiger partial charge in [-0.25, -0.2) is 8.78 Å². The molecule has 0 unspecified atom stereocenters. The van der Waals surface area contributed by atoms with Gasteiger partial charge in [0.05, 0.1) is 4.92 Å². The molecule has 0 atom stereocenters. The Morgan fingerprint density at radius 3 is 2.38 bits per heavy atom. The maximum absolute atomic E-state index is 13.7. The van der Waals surface area contributed by atoms with Crippen LogP contribution in [0.25, 0.3) is 0 Å². The van der Waals surface area contributed by atoms with Crippen molar-refractivity contribution in [1.82, 2.24) is 4.90 Å². The van der Waals surface area contributed by atoms with Gasteiger partial charge in [0, 0.05) is 43.9 Å². The molecule has 1 amide bonds. The summed E-state index contributed by atoms with van der Waals surface area (Å²) >= 11 is 0. The second-order valence-corrected chi connectivity index (χ2v) is 6.13. The van der Waals surface area contributed by atoms with Crippen LogP contribution in [-0.2, 0) is 0 Å². The molecule has 0 saturated carbocycles. The van der Waals surface area contributed by atoms with Crippen molar-refractivity contribution in [1.29, 1.82) is 0 Å². The van der Waals surface area contributed by atoms with E-state index in [2.05, 4.69) is 0 Å². The van der Waals surface area contributed by atoms with E-state index in [-0.39, 0.29) is 22.8 Å². The number of nitro benzene ring substituents is 1. The van der Waals surface area contributed by atoms with E-state index in [0.717, 1.165) is 18.2 Å². The van der Waals surface area contributed by atoms with Gasteiger partial charge in [-0.1, -0.05) is 6.07 Å². The molecule has 3 rings (SSSR count). The van der Waals surface area contributed by atoms with Crippen molar-refractivity contribution >= 4 is 17.3 Å². The van der Waals surface area contributed by atoms with Crippen molar-refractivity contribution in [2.45, 2.75) is 6.92 Å². The standard InChI is InChI=1S/C18H17F2N3O3/c1-12-2-3-13(10-15(12)20)18(24)22-8-6-21(7-9-22)17-11-14(19)4-5-16(17)23(25)26/h2-5,10-11H,6-9H2,1H3. The highest BCUT2D eigenvalue weighted by Gasteiger charge is 2.27. The number of anilines is 1. The zero-order valence-corrected chi connectivity index (χ0v) is 14.1. The van der Waals surface area contributed by atoms with Gasteiger partial charge in [-0.15, -0.1) is 0 Å². The van der Waals surface area contributed by atoms with E-state index in [9.17, 15) is 23.7 Å². The molecule has 0 aromatic heterocycles. The second kappa shape index (κ2) is 7.07. The lowest BCUT2D eigenvalue weighted by Crippen LogP contribution is -2.49. The largest absolute Gasteiger partial charge is 0.362 e. The van der Waals surface area contributed by atoms with Gasteiger partial charge in [-0.2, -0.15) is 0 Å². The monoisotopic (exact) mass is 361 g/mol. The summed E-state index contributed by atoms with van der Waals surface area (Å²) in [7, 11) is 0. The molecule has 2 aromatic carbocycles. The molecule has 1 aliphatic rings. The van der Waals surface area contributed by atoms with E-state index < -0.39 is 16.6 Å². The van der Waals surface area contributed by atoms with Crippen molar-refractivity contribution in [3.63, 3.8) is 0 Å². The number of hydrogen-bond acceptors (Lipinski definition) is 4. The molecule has 2 aromatic rings. The molecule has 0 radical (unpaired) electrons. The maximum Gasteiger partial charge on any atom is 0.292 e. The molecule has 8 heteroatoms. The van der Waals surface area contributed by atoms with Gasteiger partial charge < -0.3 is 9.80 Å². The number of carbonyl (C=O) groups excluding carboxylic acids is 1. The third-order valence-electron chi connectivity index (χ3n) is 4.46. The summed E-state index contributed by atoms with van der Waals surface area (Å²) in [5.74, 6) is -1.29. The number of benzene rings is 2. The SMILES string of the molecule is Cc1ccc(C(=O)N2CCN(c3cc(F)ccc3[N+](=O)[O-])CC2)cc1F. The quantitative estimate of drug-likeness (QED) is 0.622. The highest BCUT2D eigenvalue weighted by atomic mass is 19.1. The molecule has 1 heterocycles. The van der Waals surface area contributed by atoms with Crippen molar-refractivity contribution < 1.29 is 18.5 Å². The Labute approximate surface area is 148 Å². The van der Waals surface area contributed by atoms with Crippen LogP contribution in [0.15, 0.2) is 36.4 Å². The first-order chi connectivity index (χ1) is 12.4. The third-order valence-corrected chi connectivity index (χ3v) is 4.46. The Hall–Kier alpha value is -3.03. The highest BCUT2D eigenvalue weighted by Crippen LogP contribution is 2.29. The molecule has 0 aliphatic carbocycles. The lowest BCUT2D eigenvalue weighted by Gasteiger charge is -2.35. The van der Waals surface area contributed by atoms with Gasteiger partial charge >= 0.3 is 0 Å². The Bertz CT molecular complexity index is 865. The molecule has 1 fully saturated rings. The number of halogens is 2. The molecule has 6 nitrogen and oxygen atoms in total. The number of piperazine rings is 1. The van der Waals surface area contributed by atoms with Crippen LogP contribution in [0.1, 0.15) is 15.9 Å². The number of nitro groups is 1. The summed E-state index contributed by atoms with van der Waals surface area (Å²) in [6.07, 6.45) is 0. The number of amides is 1. The zero-order valence-electron chi connectivity index (χ0n) is 14.1. The van der Waals surface area contributed by atoms with E-state index in [4.69, 9.17) is 0 Å². The normalized spacial score (nSPS) is 14.4. The fourth-order valence-electron chi connectivity index (χ4n) is 2.96. The van der Waals surface area contributed by atoms with Gasteiger partial charge in [-0.3, -0.25) is 14.9 Å². The van der Waals surface area contributed by atoms with Crippen LogP contribution in [0.4, 0.5) is 20.2 Å².